The molecule has 2 aromatic rings. The molecule has 2 N–H and O–H groups in total. The summed E-state index contributed by atoms with van der Waals surface area (Å²) in [6.07, 6.45) is 1.26. The summed E-state index contributed by atoms with van der Waals surface area (Å²) in [6.45, 7) is 1.02. The zero-order valence-electron chi connectivity index (χ0n) is 13.2. The van der Waals surface area contributed by atoms with Gasteiger partial charge in [0.1, 0.15) is 5.75 Å². The second-order valence-electron chi connectivity index (χ2n) is 5.85. The molecule has 1 aliphatic heterocycles. The van der Waals surface area contributed by atoms with Gasteiger partial charge in [0.15, 0.2) is 0 Å². The Labute approximate surface area is 140 Å². The first kappa shape index (κ1) is 16.1. The van der Waals surface area contributed by atoms with Crippen molar-refractivity contribution in [1.29, 1.82) is 0 Å². The van der Waals surface area contributed by atoms with Gasteiger partial charge < -0.3 is 15.2 Å². The summed E-state index contributed by atoms with van der Waals surface area (Å²) in [6, 6.07) is 14.4. The fourth-order valence-corrected chi connectivity index (χ4v) is 2.89. The minimum Gasteiger partial charge on any atom is -0.493 e. The smallest absolute Gasteiger partial charge is 0.335 e. The second-order valence-corrected chi connectivity index (χ2v) is 5.85. The Morgan fingerprint density at radius 3 is 2.62 bits per heavy atom. The van der Waals surface area contributed by atoms with E-state index < -0.39 is 5.97 Å². The zero-order valence-corrected chi connectivity index (χ0v) is 13.2. The SMILES string of the molecule is O=C(CC1CCOc2ccccc21)NCc1ccc(C(=O)O)cc1. The fourth-order valence-electron chi connectivity index (χ4n) is 2.89. The van der Waals surface area contributed by atoms with Crippen molar-refractivity contribution >= 4 is 11.9 Å². The minimum atomic E-state index is -0.955. The second kappa shape index (κ2) is 7.17. The number of hydrogen-bond donors (Lipinski definition) is 2. The lowest BCUT2D eigenvalue weighted by Crippen LogP contribution is -2.26. The number of benzene rings is 2. The van der Waals surface area contributed by atoms with E-state index in [9.17, 15) is 9.59 Å². The van der Waals surface area contributed by atoms with Crippen molar-refractivity contribution in [2.24, 2.45) is 0 Å². The van der Waals surface area contributed by atoms with E-state index in [0.29, 0.717) is 19.6 Å². The average Bonchev–Trinajstić information content (AvgIpc) is 2.61. The number of amides is 1. The third-order valence-electron chi connectivity index (χ3n) is 4.21. The number of hydrogen-bond acceptors (Lipinski definition) is 3. The number of carbonyl (C=O) groups excluding carboxylic acids is 1. The van der Waals surface area contributed by atoms with Crippen LogP contribution in [0.1, 0.15) is 40.2 Å². The Balaban J connectivity index is 1.56. The standard InChI is InChI=1S/C19H19NO4/c21-18(20-12-13-5-7-14(8-6-13)19(22)23)11-15-9-10-24-17-4-2-1-3-16(15)17/h1-8,15H,9-12H2,(H,20,21)(H,22,23). The number of carbonyl (C=O) groups is 2. The molecule has 5 nitrogen and oxygen atoms in total. The van der Waals surface area contributed by atoms with Crippen LogP contribution < -0.4 is 10.1 Å². The normalized spacial score (nSPS) is 15.9. The number of carboxylic acid groups (broad SMARTS) is 1. The van der Waals surface area contributed by atoms with E-state index in [1.165, 1.54) is 0 Å². The predicted molar refractivity (Wildman–Crippen MR) is 89.2 cm³/mol. The Kier molecular flexibility index (Phi) is 4.79. The van der Waals surface area contributed by atoms with Gasteiger partial charge in [0, 0.05) is 13.0 Å². The highest BCUT2D eigenvalue weighted by molar-refractivity contribution is 5.87. The number of fused-ring (bicyclic) bond motifs is 1. The summed E-state index contributed by atoms with van der Waals surface area (Å²) < 4.78 is 5.62. The molecule has 0 saturated carbocycles. The third kappa shape index (κ3) is 3.74. The van der Waals surface area contributed by atoms with E-state index >= 15 is 0 Å². The molecule has 24 heavy (non-hydrogen) atoms. The molecule has 0 saturated heterocycles. The molecule has 1 atom stereocenters. The van der Waals surface area contributed by atoms with Crippen LogP contribution in [0.2, 0.25) is 0 Å². The average molecular weight is 325 g/mol. The maximum atomic E-state index is 12.2. The molecule has 5 heteroatoms. The van der Waals surface area contributed by atoms with Crippen molar-refractivity contribution in [2.45, 2.75) is 25.3 Å². The molecule has 0 aromatic heterocycles. The highest BCUT2D eigenvalue weighted by Gasteiger charge is 2.23. The molecule has 0 radical (unpaired) electrons. The van der Waals surface area contributed by atoms with E-state index in [2.05, 4.69) is 5.32 Å². The summed E-state index contributed by atoms with van der Waals surface area (Å²) in [5.74, 6) is 0.0675. The van der Waals surface area contributed by atoms with Gasteiger partial charge in [-0.25, -0.2) is 4.79 Å². The summed E-state index contributed by atoms with van der Waals surface area (Å²) in [5.41, 5.74) is 2.20. The molecule has 3 rings (SSSR count). The lowest BCUT2D eigenvalue weighted by Gasteiger charge is -2.25. The molecule has 1 heterocycles. The van der Waals surface area contributed by atoms with E-state index in [1.54, 1.807) is 24.3 Å². The van der Waals surface area contributed by atoms with Crippen molar-refractivity contribution in [1.82, 2.24) is 5.32 Å². The molecular weight excluding hydrogens is 306 g/mol. The first-order valence-electron chi connectivity index (χ1n) is 7.94. The van der Waals surface area contributed by atoms with Crippen LogP contribution in [0.5, 0.6) is 5.75 Å². The summed E-state index contributed by atoms with van der Waals surface area (Å²) >= 11 is 0. The number of nitrogens with one attached hydrogen (secondary N) is 1. The van der Waals surface area contributed by atoms with Gasteiger partial charge >= 0.3 is 5.97 Å². The van der Waals surface area contributed by atoms with Crippen molar-refractivity contribution in [3.8, 4) is 5.75 Å². The lowest BCUT2D eigenvalue weighted by atomic mass is 9.90. The zero-order chi connectivity index (χ0) is 16.9. The predicted octanol–water partition coefficient (Wildman–Crippen LogP) is 2.96. The number of ether oxygens (including phenoxy) is 1. The lowest BCUT2D eigenvalue weighted by molar-refractivity contribution is -0.121. The molecule has 2 aromatic carbocycles. The first-order chi connectivity index (χ1) is 11.6. The van der Waals surface area contributed by atoms with Gasteiger partial charge in [-0.1, -0.05) is 30.3 Å². The monoisotopic (exact) mass is 325 g/mol. The van der Waals surface area contributed by atoms with Gasteiger partial charge in [0.25, 0.3) is 0 Å². The van der Waals surface area contributed by atoms with Crippen LogP contribution in [0.25, 0.3) is 0 Å². The highest BCUT2D eigenvalue weighted by Crippen LogP contribution is 2.35. The van der Waals surface area contributed by atoms with Crippen molar-refractivity contribution in [3.05, 3.63) is 65.2 Å². The van der Waals surface area contributed by atoms with Crippen LogP contribution in [0.3, 0.4) is 0 Å². The molecule has 0 aliphatic carbocycles. The highest BCUT2D eigenvalue weighted by atomic mass is 16.5. The van der Waals surface area contributed by atoms with E-state index in [-0.39, 0.29) is 17.4 Å². The van der Waals surface area contributed by atoms with E-state index in [0.717, 1.165) is 23.3 Å². The first-order valence-corrected chi connectivity index (χ1v) is 7.94. The third-order valence-corrected chi connectivity index (χ3v) is 4.21. The van der Waals surface area contributed by atoms with Crippen LogP contribution in [-0.4, -0.2) is 23.6 Å². The van der Waals surface area contributed by atoms with Crippen molar-refractivity contribution in [2.75, 3.05) is 6.61 Å². The Morgan fingerprint density at radius 2 is 1.88 bits per heavy atom. The molecular formula is C19H19NO4. The fraction of sp³-hybridized carbons (Fsp3) is 0.263. The van der Waals surface area contributed by atoms with Crippen LogP contribution in [0, 0.1) is 0 Å². The quantitative estimate of drug-likeness (QED) is 0.886. The van der Waals surface area contributed by atoms with Gasteiger partial charge in [0.05, 0.1) is 12.2 Å². The molecule has 0 spiro atoms. The number of para-hydroxylation sites is 1. The molecule has 0 bridgehead atoms. The summed E-state index contributed by atoms with van der Waals surface area (Å²) in [7, 11) is 0. The molecule has 1 amide bonds. The molecule has 1 unspecified atom stereocenters. The molecule has 124 valence electrons. The van der Waals surface area contributed by atoms with E-state index in [4.69, 9.17) is 9.84 Å². The maximum Gasteiger partial charge on any atom is 0.335 e. The maximum absolute atomic E-state index is 12.2. The minimum absolute atomic E-state index is 0.0148. The van der Waals surface area contributed by atoms with Crippen molar-refractivity contribution in [3.63, 3.8) is 0 Å². The molecule has 1 aliphatic rings. The van der Waals surface area contributed by atoms with Gasteiger partial charge in [-0.05, 0) is 41.7 Å². The van der Waals surface area contributed by atoms with E-state index in [1.807, 2.05) is 24.3 Å². The van der Waals surface area contributed by atoms with Gasteiger partial charge in [0.2, 0.25) is 5.91 Å². The van der Waals surface area contributed by atoms with Gasteiger partial charge in [-0.15, -0.1) is 0 Å². The Hall–Kier alpha value is -2.82. The van der Waals surface area contributed by atoms with Gasteiger partial charge in [-0.2, -0.15) is 0 Å². The molecule has 0 fully saturated rings. The van der Waals surface area contributed by atoms with Crippen LogP contribution >= 0.6 is 0 Å². The number of rotatable bonds is 5. The number of carboxylic acids is 1. The van der Waals surface area contributed by atoms with Crippen molar-refractivity contribution < 1.29 is 19.4 Å². The summed E-state index contributed by atoms with van der Waals surface area (Å²) in [4.78, 5) is 23.0. The van der Waals surface area contributed by atoms with Crippen LogP contribution in [0.4, 0.5) is 0 Å². The topological polar surface area (TPSA) is 75.6 Å². The Bertz CT molecular complexity index is 739. The Morgan fingerprint density at radius 1 is 1.12 bits per heavy atom. The number of aromatic carboxylic acids is 1. The summed E-state index contributed by atoms with van der Waals surface area (Å²) in [5, 5.41) is 11.8. The largest absolute Gasteiger partial charge is 0.493 e. The van der Waals surface area contributed by atoms with Gasteiger partial charge in [-0.3, -0.25) is 4.79 Å². The van der Waals surface area contributed by atoms with Crippen LogP contribution in [-0.2, 0) is 11.3 Å². The van der Waals surface area contributed by atoms with Crippen LogP contribution in [0.15, 0.2) is 48.5 Å².